The van der Waals surface area contributed by atoms with E-state index in [1.807, 2.05) is 81.7 Å². The van der Waals surface area contributed by atoms with Crippen LogP contribution < -0.4 is 10.6 Å². The first-order chi connectivity index (χ1) is 27.4. The standard InChI is InChI=1S/C44H52N4O8S/c1-28-40(57-27-46-28)30-17-15-29(16-18-30)23-45-42(52)37-22-31(49)24-48(37)43(53)41(44(2,3)4)47-38(50)26-55-21-20-54-19-9-14-39(51)56-25-36-34-12-7-5-10-32(34)33-11-6-8-13-35(33)36/h5-8,10-13,15-18,27,31,36-37,41,49H,9,14,19-26H2,1-4H3,(H,45,52)(H,47,50)/t31-,37+,41-/m1/s1. The number of carbonyl (C=O) groups is 4. The minimum Gasteiger partial charge on any atom is -0.465 e. The minimum absolute atomic E-state index is 0.0140. The number of carbonyl (C=O) groups excluding carboxylic acids is 4. The lowest BCUT2D eigenvalue weighted by Gasteiger charge is -2.35. The van der Waals surface area contributed by atoms with Gasteiger partial charge in [0.25, 0.3) is 0 Å². The van der Waals surface area contributed by atoms with Crippen LogP contribution in [0.5, 0.6) is 0 Å². The lowest BCUT2D eigenvalue weighted by atomic mass is 9.85. The Bertz CT molecular complexity index is 1980. The third-order valence-electron chi connectivity index (χ3n) is 10.4. The summed E-state index contributed by atoms with van der Waals surface area (Å²) in [6, 6.07) is 22.4. The molecule has 2 aliphatic rings. The summed E-state index contributed by atoms with van der Waals surface area (Å²) < 4.78 is 16.8. The summed E-state index contributed by atoms with van der Waals surface area (Å²) in [6.07, 6.45) is -0.0660. The molecule has 3 N–H and O–H groups in total. The highest BCUT2D eigenvalue weighted by Crippen LogP contribution is 2.44. The van der Waals surface area contributed by atoms with E-state index in [0.29, 0.717) is 13.0 Å². The first-order valence-electron chi connectivity index (χ1n) is 19.4. The van der Waals surface area contributed by atoms with Crippen molar-refractivity contribution in [2.45, 2.75) is 77.6 Å². The van der Waals surface area contributed by atoms with Crippen LogP contribution in [0.25, 0.3) is 21.6 Å². The number of aryl methyl sites for hydroxylation is 1. The molecule has 6 rings (SSSR count). The molecule has 4 aromatic rings. The highest BCUT2D eigenvalue weighted by molar-refractivity contribution is 7.13. The summed E-state index contributed by atoms with van der Waals surface area (Å²) in [5, 5.41) is 16.2. The highest BCUT2D eigenvalue weighted by atomic mass is 32.1. The van der Waals surface area contributed by atoms with Crippen molar-refractivity contribution in [3.63, 3.8) is 0 Å². The van der Waals surface area contributed by atoms with Crippen LogP contribution >= 0.6 is 11.3 Å². The molecule has 3 aromatic carbocycles. The van der Waals surface area contributed by atoms with Gasteiger partial charge in [-0.25, -0.2) is 4.98 Å². The normalized spacial score (nSPS) is 16.8. The number of aromatic nitrogens is 1. The number of aliphatic hydroxyl groups excluding tert-OH is 1. The van der Waals surface area contributed by atoms with Gasteiger partial charge in [-0.3, -0.25) is 19.2 Å². The Labute approximate surface area is 337 Å². The molecule has 1 aliphatic heterocycles. The number of amides is 3. The molecule has 1 aliphatic carbocycles. The predicted molar refractivity (Wildman–Crippen MR) is 217 cm³/mol. The molecule has 0 bridgehead atoms. The molecule has 0 spiro atoms. The maximum Gasteiger partial charge on any atom is 0.305 e. The number of benzene rings is 3. The van der Waals surface area contributed by atoms with Crippen LogP contribution in [-0.2, 0) is 39.9 Å². The Balaban J connectivity index is 0.884. The van der Waals surface area contributed by atoms with E-state index in [1.54, 1.807) is 11.3 Å². The second kappa shape index (κ2) is 19.0. The van der Waals surface area contributed by atoms with Gasteiger partial charge in [0.05, 0.1) is 35.4 Å². The van der Waals surface area contributed by atoms with Gasteiger partial charge in [0.15, 0.2) is 0 Å². The van der Waals surface area contributed by atoms with E-state index in [-0.39, 0.29) is 70.2 Å². The zero-order chi connectivity index (χ0) is 40.5. The van der Waals surface area contributed by atoms with Crippen molar-refractivity contribution in [2.75, 3.05) is 39.6 Å². The molecule has 0 saturated carbocycles. The molecule has 13 heteroatoms. The van der Waals surface area contributed by atoms with Crippen molar-refractivity contribution in [2.24, 2.45) is 5.41 Å². The zero-order valence-corrected chi connectivity index (χ0v) is 33.8. The van der Waals surface area contributed by atoms with Crippen LogP contribution in [0.15, 0.2) is 78.3 Å². The Kier molecular flexibility index (Phi) is 13.9. The van der Waals surface area contributed by atoms with E-state index in [9.17, 15) is 24.3 Å². The van der Waals surface area contributed by atoms with Crippen LogP contribution in [0.4, 0.5) is 0 Å². The van der Waals surface area contributed by atoms with Gasteiger partial charge in [0.1, 0.15) is 25.3 Å². The number of likely N-dealkylation sites (tertiary alicyclic amines) is 1. The number of aliphatic hydroxyl groups is 1. The summed E-state index contributed by atoms with van der Waals surface area (Å²) >= 11 is 1.57. The number of hydrogen-bond donors (Lipinski definition) is 3. The maximum atomic E-state index is 13.9. The van der Waals surface area contributed by atoms with Crippen molar-refractivity contribution in [1.29, 1.82) is 0 Å². The summed E-state index contributed by atoms with van der Waals surface area (Å²) in [4.78, 5) is 59.5. The van der Waals surface area contributed by atoms with Gasteiger partial charge in [-0.15, -0.1) is 11.3 Å². The summed E-state index contributed by atoms with van der Waals surface area (Å²) in [6.45, 7) is 8.36. The number of rotatable bonds is 17. The third-order valence-corrected chi connectivity index (χ3v) is 11.3. The van der Waals surface area contributed by atoms with E-state index in [2.05, 4.69) is 39.9 Å². The molecule has 57 heavy (non-hydrogen) atoms. The van der Waals surface area contributed by atoms with Gasteiger partial charge in [0, 0.05) is 38.5 Å². The molecule has 1 fully saturated rings. The van der Waals surface area contributed by atoms with E-state index in [0.717, 1.165) is 21.7 Å². The minimum atomic E-state index is -0.967. The van der Waals surface area contributed by atoms with Crippen LogP contribution in [-0.4, -0.2) is 96.4 Å². The van der Waals surface area contributed by atoms with Crippen molar-refractivity contribution < 1.29 is 38.5 Å². The molecule has 1 aromatic heterocycles. The Morgan fingerprint density at radius 1 is 0.930 bits per heavy atom. The maximum absolute atomic E-state index is 13.9. The molecular formula is C44H52N4O8S. The van der Waals surface area contributed by atoms with Crippen molar-refractivity contribution >= 4 is 35.0 Å². The smallest absolute Gasteiger partial charge is 0.305 e. The van der Waals surface area contributed by atoms with E-state index >= 15 is 0 Å². The number of β-amino-alcohol motifs (C(OH)–C–C–N with tert-alkyl or cyclic N) is 1. The van der Waals surface area contributed by atoms with Crippen molar-refractivity contribution in [3.05, 3.63) is 101 Å². The SMILES string of the molecule is Cc1ncsc1-c1ccc(CNC(=O)[C@@H]2C[C@@H](O)CN2C(=O)[C@@H](NC(=O)COCCOCCCC(=O)OCC2c3ccccc3-c3ccccc32)C(C)(C)C)cc1. The summed E-state index contributed by atoms with van der Waals surface area (Å²) in [5.41, 5.74) is 8.72. The van der Waals surface area contributed by atoms with Gasteiger partial charge in [-0.1, -0.05) is 93.6 Å². The average Bonchev–Trinajstić information content (AvgIpc) is 3.90. The first kappa shape index (κ1) is 41.7. The van der Waals surface area contributed by atoms with Crippen molar-refractivity contribution in [3.8, 4) is 21.6 Å². The van der Waals surface area contributed by atoms with Crippen LogP contribution in [0, 0.1) is 12.3 Å². The number of nitrogens with zero attached hydrogens (tertiary/aromatic N) is 2. The fourth-order valence-electron chi connectivity index (χ4n) is 7.37. The molecule has 12 nitrogen and oxygen atoms in total. The predicted octanol–water partition coefficient (Wildman–Crippen LogP) is 5.40. The number of fused-ring (bicyclic) bond motifs is 3. The lowest BCUT2D eigenvalue weighted by Crippen LogP contribution is -2.58. The number of ether oxygens (including phenoxy) is 3. The largest absolute Gasteiger partial charge is 0.465 e. The van der Waals surface area contributed by atoms with Crippen LogP contribution in [0.3, 0.4) is 0 Å². The highest BCUT2D eigenvalue weighted by Gasteiger charge is 2.44. The Morgan fingerprint density at radius 3 is 2.25 bits per heavy atom. The Hall–Kier alpha value is -4.95. The summed E-state index contributed by atoms with van der Waals surface area (Å²) in [7, 11) is 0. The van der Waals surface area contributed by atoms with E-state index in [1.165, 1.54) is 27.2 Å². The van der Waals surface area contributed by atoms with Crippen molar-refractivity contribution in [1.82, 2.24) is 20.5 Å². The molecule has 0 unspecified atom stereocenters. The van der Waals surface area contributed by atoms with E-state index < -0.39 is 35.4 Å². The van der Waals surface area contributed by atoms with E-state index in [4.69, 9.17) is 14.2 Å². The van der Waals surface area contributed by atoms with Gasteiger partial charge in [0.2, 0.25) is 17.7 Å². The number of thiazole rings is 1. The fraction of sp³-hybridized carbons (Fsp3) is 0.432. The quantitative estimate of drug-likeness (QED) is 0.0942. The zero-order valence-electron chi connectivity index (χ0n) is 33.0. The first-order valence-corrected chi connectivity index (χ1v) is 20.3. The van der Waals surface area contributed by atoms with Gasteiger partial charge in [-0.05, 0) is 52.1 Å². The average molecular weight is 797 g/mol. The molecular weight excluding hydrogens is 745 g/mol. The molecule has 3 amide bonds. The van der Waals surface area contributed by atoms with Gasteiger partial charge < -0.3 is 34.9 Å². The molecule has 2 heterocycles. The molecule has 302 valence electrons. The topological polar surface area (TPSA) is 156 Å². The molecule has 0 radical (unpaired) electrons. The number of nitrogens with one attached hydrogen (secondary N) is 2. The summed E-state index contributed by atoms with van der Waals surface area (Å²) in [5.74, 6) is -1.58. The fourth-order valence-corrected chi connectivity index (χ4v) is 8.19. The molecule has 1 saturated heterocycles. The third kappa shape index (κ3) is 10.5. The second-order valence-corrected chi connectivity index (χ2v) is 16.5. The lowest BCUT2D eigenvalue weighted by molar-refractivity contribution is -0.144. The molecule has 3 atom stereocenters. The van der Waals surface area contributed by atoms with Gasteiger partial charge in [-0.2, -0.15) is 0 Å². The monoisotopic (exact) mass is 796 g/mol. The van der Waals surface area contributed by atoms with Crippen LogP contribution in [0.2, 0.25) is 0 Å². The van der Waals surface area contributed by atoms with Gasteiger partial charge >= 0.3 is 5.97 Å². The number of hydrogen-bond acceptors (Lipinski definition) is 10. The number of esters is 1. The Morgan fingerprint density at radius 2 is 1.60 bits per heavy atom. The van der Waals surface area contributed by atoms with Crippen LogP contribution in [0.1, 0.15) is 68.3 Å². The second-order valence-electron chi connectivity index (χ2n) is 15.6.